The van der Waals surface area contributed by atoms with Crippen molar-refractivity contribution in [3.05, 3.63) is 69.5 Å². The number of aryl methyl sites for hydroxylation is 1. The Morgan fingerprint density at radius 3 is 2.74 bits per heavy atom. The zero-order chi connectivity index (χ0) is 13.8. The Bertz CT molecular complexity index is 654. The van der Waals surface area contributed by atoms with E-state index in [0.717, 1.165) is 29.3 Å². The van der Waals surface area contributed by atoms with E-state index in [2.05, 4.69) is 4.99 Å². The fourth-order valence-corrected chi connectivity index (χ4v) is 1.61. The van der Waals surface area contributed by atoms with Gasteiger partial charge < -0.3 is 0 Å². The number of hydrogen-bond acceptors (Lipinski definition) is 3. The second kappa shape index (κ2) is 5.39. The second-order valence-electron chi connectivity index (χ2n) is 4.07. The Hall–Kier alpha value is -2.56. The first-order chi connectivity index (χ1) is 9.06. The maximum absolute atomic E-state index is 13.5. The minimum Gasteiger partial charge on any atom is -0.258 e. The summed E-state index contributed by atoms with van der Waals surface area (Å²) in [5, 5.41) is 10.6. The minimum atomic E-state index is -0.588. The summed E-state index contributed by atoms with van der Waals surface area (Å²) in [5.74, 6) is -0.588. The first-order valence-electron chi connectivity index (χ1n) is 5.61. The Balaban J connectivity index is 2.32. The van der Waals surface area contributed by atoms with Crippen molar-refractivity contribution >= 4 is 17.6 Å². The number of aliphatic imine (C=N–C) groups is 1. The maximum Gasteiger partial charge on any atom is 0.271 e. The molecular formula is C14H11FN2O2. The van der Waals surface area contributed by atoms with Gasteiger partial charge in [0.2, 0.25) is 0 Å². The number of halogens is 1. The van der Waals surface area contributed by atoms with Crippen LogP contribution in [0.3, 0.4) is 0 Å². The number of nitro groups is 1. The summed E-state index contributed by atoms with van der Waals surface area (Å²) in [4.78, 5) is 14.0. The summed E-state index contributed by atoms with van der Waals surface area (Å²) in [6.45, 7) is 1.94. The number of nitro benzene ring substituents is 1. The van der Waals surface area contributed by atoms with Gasteiger partial charge in [0.25, 0.3) is 5.69 Å². The van der Waals surface area contributed by atoms with Crippen LogP contribution in [0, 0.1) is 22.9 Å². The third-order valence-electron chi connectivity index (χ3n) is 2.54. The van der Waals surface area contributed by atoms with Gasteiger partial charge in [0.1, 0.15) is 11.5 Å². The molecule has 0 amide bonds. The molecule has 19 heavy (non-hydrogen) atoms. The summed E-state index contributed by atoms with van der Waals surface area (Å²) in [6, 6.07) is 10.8. The van der Waals surface area contributed by atoms with Gasteiger partial charge >= 0.3 is 0 Å². The van der Waals surface area contributed by atoms with Crippen molar-refractivity contribution in [1.29, 1.82) is 0 Å². The number of non-ortho nitro benzene ring substituents is 1. The molecule has 0 aliphatic heterocycles. The van der Waals surface area contributed by atoms with Gasteiger partial charge in [0.05, 0.1) is 4.92 Å². The molecule has 0 unspecified atom stereocenters. The molecule has 0 spiro atoms. The average Bonchev–Trinajstić information content (AvgIpc) is 2.37. The Labute approximate surface area is 109 Å². The zero-order valence-corrected chi connectivity index (χ0v) is 10.2. The van der Waals surface area contributed by atoms with Gasteiger partial charge in [-0.1, -0.05) is 29.8 Å². The summed E-state index contributed by atoms with van der Waals surface area (Å²) < 4.78 is 13.5. The Morgan fingerprint density at radius 2 is 2.05 bits per heavy atom. The molecule has 0 radical (unpaired) electrons. The van der Waals surface area contributed by atoms with Gasteiger partial charge in [-0.2, -0.15) is 0 Å². The van der Waals surface area contributed by atoms with E-state index in [1.165, 1.54) is 6.21 Å². The third kappa shape index (κ3) is 3.22. The topological polar surface area (TPSA) is 55.5 Å². The molecule has 0 fully saturated rings. The molecule has 0 aliphatic rings. The van der Waals surface area contributed by atoms with E-state index >= 15 is 0 Å². The molecule has 0 saturated carbocycles. The number of benzene rings is 2. The SMILES string of the molecule is Cc1cccc(C=Nc2cc([N+](=O)[O-])ccc2F)c1. The van der Waals surface area contributed by atoms with Crippen LogP contribution in [0.2, 0.25) is 0 Å². The van der Waals surface area contributed by atoms with Crippen molar-refractivity contribution in [2.24, 2.45) is 4.99 Å². The lowest BCUT2D eigenvalue weighted by atomic mass is 10.1. The quantitative estimate of drug-likeness (QED) is 0.477. The summed E-state index contributed by atoms with van der Waals surface area (Å²) in [5.41, 5.74) is 1.64. The van der Waals surface area contributed by atoms with Gasteiger partial charge in [0, 0.05) is 18.3 Å². The van der Waals surface area contributed by atoms with Crippen LogP contribution in [0.1, 0.15) is 11.1 Å². The highest BCUT2D eigenvalue weighted by molar-refractivity contribution is 5.82. The van der Waals surface area contributed by atoms with Crippen LogP contribution < -0.4 is 0 Å². The van der Waals surface area contributed by atoms with Crippen molar-refractivity contribution in [3.8, 4) is 0 Å². The molecule has 4 nitrogen and oxygen atoms in total. The summed E-state index contributed by atoms with van der Waals surface area (Å²) in [7, 11) is 0. The van der Waals surface area contributed by atoms with Crippen LogP contribution in [-0.2, 0) is 0 Å². The molecule has 96 valence electrons. The second-order valence-corrected chi connectivity index (χ2v) is 4.07. The summed E-state index contributed by atoms with van der Waals surface area (Å²) >= 11 is 0. The molecule has 5 heteroatoms. The van der Waals surface area contributed by atoms with Crippen LogP contribution >= 0.6 is 0 Å². The molecule has 0 N–H and O–H groups in total. The van der Waals surface area contributed by atoms with Crippen molar-refractivity contribution < 1.29 is 9.31 Å². The van der Waals surface area contributed by atoms with E-state index in [4.69, 9.17) is 0 Å². The van der Waals surface area contributed by atoms with Crippen LogP contribution in [0.25, 0.3) is 0 Å². The molecule has 2 aromatic rings. The van der Waals surface area contributed by atoms with E-state index in [1.54, 1.807) is 0 Å². The van der Waals surface area contributed by atoms with Crippen molar-refractivity contribution in [2.75, 3.05) is 0 Å². The molecule has 0 bridgehead atoms. The lowest BCUT2D eigenvalue weighted by Gasteiger charge is -1.98. The normalized spacial score (nSPS) is 10.8. The van der Waals surface area contributed by atoms with E-state index in [-0.39, 0.29) is 11.4 Å². The van der Waals surface area contributed by atoms with Gasteiger partial charge in [-0.25, -0.2) is 4.39 Å². The first-order valence-corrected chi connectivity index (χ1v) is 5.61. The Morgan fingerprint density at radius 1 is 1.26 bits per heavy atom. The zero-order valence-electron chi connectivity index (χ0n) is 10.2. The predicted molar refractivity (Wildman–Crippen MR) is 71.5 cm³/mol. The maximum atomic E-state index is 13.5. The van der Waals surface area contributed by atoms with Crippen molar-refractivity contribution in [2.45, 2.75) is 6.92 Å². The first kappa shape index (κ1) is 12.9. The minimum absolute atomic E-state index is 0.0456. The fraction of sp³-hybridized carbons (Fsp3) is 0.0714. The van der Waals surface area contributed by atoms with Gasteiger partial charge in [0.15, 0.2) is 0 Å². The van der Waals surface area contributed by atoms with E-state index in [1.807, 2.05) is 31.2 Å². The third-order valence-corrected chi connectivity index (χ3v) is 2.54. The highest BCUT2D eigenvalue weighted by Crippen LogP contribution is 2.23. The molecule has 2 rings (SSSR count). The lowest BCUT2D eigenvalue weighted by Crippen LogP contribution is -1.88. The molecule has 0 atom stereocenters. The smallest absolute Gasteiger partial charge is 0.258 e. The number of nitrogens with zero attached hydrogens (tertiary/aromatic N) is 2. The molecule has 0 heterocycles. The van der Waals surface area contributed by atoms with Gasteiger partial charge in [-0.05, 0) is 18.6 Å². The Kier molecular flexibility index (Phi) is 3.66. The lowest BCUT2D eigenvalue weighted by molar-refractivity contribution is -0.384. The number of rotatable bonds is 3. The van der Waals surface area contributed by atoms with E-state index in [9.17, 15) is 14.5 Å². The largest absolute Gasteiger partial charge is 0.271 e. The van der Waals surface area contributed by atoms with Crippen LogP contribution in [0.5, 0.6) is 0 Å². The van der Waals surface area contributed by atoms with Crippen LogP contribution in [0.4, 0.5) is 15.8 Å². The standard InChI is InChI=1S/C14H11FN2O2/c1-10-3-2-4-11(7-10)9-16-14-8-12(17(18)19)5-6-13(14)15/h2-9H,1H3. The average molecular weight is 258 g/mol. The van der Waals surface area contributed by atoms with Crippen LogP contribution in [-0.4, -0.2) is 11.1 Å². The molecule has 0 aliphatic carbocycles. The predicted octanol–water partition coefficient (Wildman–Crippen LogP) is 3.79. The molecule has 0 aromatic heterocycles. The van der Waals surface area contributed by atoms with Crippen LogP contribution in [0.15, 0.2) is 47.5 Å². The fourth-order valence-electron chi connectivity index (χ4n) is 1.61. The van der Waals surface area contributed by atoms with E-state index < -0.39 is 10.7 Å². The molecular weight excluding hydrogens is 247 g/mol. The van der Waals surface area contributed by atoms with Gasteiger partial charge in [-0.15, -0.1) is 0 Å². The highest BCUT2D eigenvalue weighted by Gasteiger charge is 2.09. The molecule has 2 aromatic carbocycles. The number of hydrogen-bond donors (Lipinski definition) is 0. The van der Waals surface area contributed by atoms with E-state index in [0.29, 0.717) is 0 Å². The monoisotopic (exact) mass is 258 g/mol. The summed E-state index contributed by atoms with van der Waals surface area (Å²) in [6.07, 6.45) is 1.48. The highest BCUT2D eigenvalue weighted by atomic mass is 19.1. The van der Waals surface area contributed by atoms with Crippen molar-refractivity contribution in [1.82, 2.24) is 0 Å². The van der Waals surface area contributed by atoms with Crippen molar-refractivity contribution in [3.63, 3.8) is 0 Å². The van der Waals surface area contributed by atoms with Gasteiger partial charge in [-0.3, -0.25) is 15.1 Å². The molecule has 0 saturated heterocycles.